The number of aromatic nitrogens is 1. The molecular weight excluding hydrogens is 480 g/mol. The highest BCUT2D eigenvalue weighted by molar-refractivity contribution is 7.99. The van der Waals surface area contributed by atoms with Crippen molar-refractivity contribution in [1.29, 1.82) is 0 Å². The number of rotatable bonds is 11. The summed E-state index contributed by atoms with van der Waals surface area (Å²) < 4.78 is 4.38. The lowest BCUT2D eigenvalue weighted by Crippen LogP contribution is -2.42. The molecule has 0 fully saturated rings. The zero-order valence-corrected chi connectivity index (χ0v) is 20.6. The van der Waals surface area contributed by atoms with Gasteiger partial charge < -0.3 is 15.7 Å². The van der Waals surface area contributed by atoms with Crippen LogP contribution < -0.4 is 21.8 Å². The monoisotopic (exact) mass is 508 g/mol. The largest absolute Gasteiger partial charge is 0.400 e. The van der Waals surface area contributed by atoms with E-state index in [4.69, 9.17) is 16.8 Å². The first kappa shape index (κ1) is 24.8. The molecule has 0 aliphatic rings. The molecule has 35 heavy (non-hydrogen) atoms. The first-order chi connectivity index (χ1) is 17.0. The van der Waals surface area contributed by atoms with E-state index in [1.54, 1.807) is 23.0 Å². The number of para-hydroxylation sites is 1. The minimum atomic E-state index is -0.516. The van der Waals surface area contributed by atoms with Gasteiger partial charge in [0.25, 0.3) is 0 Å². The smallest absolute Gasteiger partial charge is 0.245 e. The summed E-state index contributed by atoms with van der Waals surface area (Å²) in [6.07, 6.45) is 4.05. The molecular formula is C25H28N6O2S2. The number of nitrogens with one attached hydrogen (secondary N) is 3. The molecule has 2 aromatic carbocycles. The van der Waals surface area contributed by atoms with Crippen LogP contribution in [0.1, 0.15) is 12.0 Å². The number of hydrogen-bond donors (Lipinski definition) is 6. The third kappa shape index (κ3) is 6.65. The van der Waals surface area contributed by atoms with E-state index in [1.165, 1.54) is 27.4 Å². The molecule has 0 aliphatic carbocycles. The van der Waals surface area contributed by atoms with Gasteiger partial charge in [-0.15, -0.1) is 11.3 Å². The highest BCUT2D eigenvalue weighted by Crippen LogP contribution is 2.32. The number of aromatic amines is 1. The fraction of sp³-hybridized carbons (Fsp3) is 0.160. The number of nitrogens with zero attached hydrogens (tertiary/aromatic N) is 1. The van der Waals surface area contributed by atoms with Crippen molar-refractivity contribution in [3.63, 3.8) is 0 Å². The molecule has 0 bridgehead atoms. The van der Waals surface area contributed by atoms with Crippen LogP contribution in [-0.4, -0.2) is 33.7 Å². The Labute approximate surface area is 212 Å². The van der Waals surface area contributed by atoms with Crippen molar-refractivity contribution >= 4 is 40.1 Å². The van der Waals surface area contributed by atoms with Crippen molar-refractivity contribution < 1.29 is 10.0 Å². The van der Waals surface area contributed by atoms with Crippen LogP contribution in [0.3, 0.4) is 0 Å². The average molecular weight is 509 g/mol. The van der Waals surface area contributed by atoms with E-state index in [9.17, 15) is 4.79 Å². The van der Waals surface area contributed by atoms with Crippen molar-refractivity contribution in [2.45, 2.75) is 23.1 Å². The highest BCUT2D eigenvalue weighted by Gasteiger charge is 2.20. The number of carbonyl (C=O) groups excluding carboxylic acids is 1. The Bertz CT molecular complexity index is 1290. The van der Waals surface area contributed by atoms with E-state index in [0.717, 1.165) is 20.7 Å². The second-order valence-corrected chi connectivity index (χ2v) is 10.3. The summed E-state index contributed by atoms with van der Waals surface area (Å²) in [5, 5.41) is 11.5. The Morgan fingerprint density at radius 2 is 1.91 bits per heavy atom. The van der Waals surface area contributed by atoms with Crippen molar-refractivity contribution in [3.05, 3.63) is 90.4 Å². The van der Waals surface area contributed by atoms with Gasteiger partial charge >= 0.3 is 0 Å². The maximum atomic E-state index is 11.9. The van der Waals surface area contributed by atoms with Gasteiger partial charge in [0, 0.05) is 40.4 Å². The standard InChI is InChI=1S/C25H28N6O2S2/c26-19(15-29-35-25-11-10-23(34-25)17-6-2-1-3-7-17)16-31(27)20(13-24(32)30-33)12-18-14-28-22-9-5-4-8-21(18)22/h1-11,14,16,20,28-29,33H,12-13,15,26-27H2,(H,30,32)/b19-16-/t20-/m1/s1. The first-order valence-corrected chi connectivity index (χ1v) is 12.7. The molecule has 182 valence electrons. The van der Waals surface area contributed by atoms with Gasteiger partial charge in [-0.3, -0.25) is 14.7 Å². The molecule has 10 heteroatoms. The lowest BCUT2D eigenvalue weighted by molar-refractivity contribution is -0.130. The predicted octanol–water partition coefficient (Wildman–Crippen LogP) is 3.98. The molecule has 8 nitrogen and oxygen atoms in total. The normalized spacial score (nSPS) is 12.6. The second kappa shape index (κ2) is 11.9. The first-order valence-electron chi connectivity index (χ1n) is 11.1. The van der Waals surface area contributed by atoms with Crippen LogP contribution in [-0.2, 0) is 11.2 Å². The number of thiophene rings is 1. The number of fused-ring (bicyclic) bond motifs is 1. The van der Waals surface area contributed by atoms with Gasteiger partial charge in [-0.25, -0.2) is 11.3 Å². The van der Waals surface area contributed by atoms with E-state index in [2.05, 4.69) is 34.0 Å². The van der Waals surface area contributed by atoms with Gasteiger partial charge in [-0.2, -0.15) is 0 Å². The molecule has 1 amide bonds. The Hall–Kier alpha value is -3.28. The van der Waals surface area contributed by atoms with E-state index in [-0.39, 0.29) is 6.42 Å². The van der Waals surface area contributed by atoms with Crippen molar-refractivity contribution in [2.75, 3.05) is 6.54 Å². The molecule has 4 rings (SSSR count). The average Bonchev–Trinajstić information content (AvgIpc) is 3.51. The quantitative estimate of drug-likeness (QED) is 0.0781. The van der Waals surface area contributed by atoms with Crippen LogP contribution in [0.2, 0.25) is 0 Å². The van der Waals surface area contributed by atoms with Crippen LogP contribution in [0.25, 0.3) is 21.3 Å². The number of hydrazine groups is 1. The molecule has 0 radical (unpaired) electrons. The lowest BCUT2D eigenvalue weighted by atomic mass is 10.0. The summed E-state index contributed by atoms with van der Waals surface area (Å²) in [4.78, 5) is 16.4. The summed E-state index contributed by atoms with van der Waals surface area (Å²) >= 11 is 3.21. The van der Waals surface area contributed by atoms with Crippen molar-refractivity contribution in [1.82, 2.24) is 20.2 Å². The Morgan fingerprint density at radius 3 is 2.71 bits per heavy atom. The van der Waals surface area contributed by atoms with Crippen LogP contribution >= 0.6 is 23.3 Å². The third-order valence-electron chi connectivity index (χ3n) is 5.50. The number of benzene rings is 2. The Balaban J connectivity index is 1.36. The molecule has 2 heterocycles. The van der Waals surface area contributed by atoms with Crippen LogP contribution in [0.15, 0.2) is 89.0 Å². The van der Waals surface area contributed by atoms with Crippen LogP contribution in [0.5, 0.6) is 0 Å². The summed E-state index contributed by atoms with van der Waals surface area (Å²) in [5.41, 5.74) is 11.7. The van der Waals surface area contributed by atoms with Crippen molar-refractivity contribution in [2.24, 2.45) is 11.6 Å². The highest BCUT2D eigenvalue weighted by atomic mass is 32.2. The van der Waals surface area contributed by atoms with Crippen LogP contribution in [0, 0.1) is 0 Å². The summed E-state index contributed by atoms with van der Waals surface area (Å²) in [6, 6.07) is 22.0. The van der Waals surface area contributed by atoms with Gasteiger partial charge in [-0.1, -0.05) is 48.5 Å². The van der Waals surface area contributed by atoms with Gasteiger partial charge in [0.2, 0.25) is 5.91 Å². The maximum absolute atomic E-state index is 11.9. The van der Waals surface area contributed by atoms with Gasteiger partial charge in [0.05, 0.1) is 16.7 Å². The fourth-order valence-corrected chi connectivity index (χ4v) is 5.64. The number of carbonyl (C=O) groups is 1. The predicted molar refractivity (Wildman–Crippen MR) is 142 cm³/mol. The fourth-order valence-electron chi connectivity index (χ4n) is 3.76. The van der Waals surface area contributed by atoms with E-state index < -0.39 is 11.9 Å². The van der Waals surface area contributed by atoms with Gasteiger partial charge in [0.1, 0.15) is 0 Å². The third-order valence-corrected chi connectivity index (χ3v) is 7.56. The molecule has 1 atom stereocenters. The zero-order chi connectivity index (χ0) is 24.6. The minimum Gasteiger partial charge on any atom is -0.400 e. The molecule has 0 aliphatic heterocycles. The second-order valence-electron chi connectivity index (χ2n) is 8.02. The molecule has 0 saturated carbocycles. The number of hydrogen-bond acceptors (Lipinski definition) is 8. The summed E-state index contributed by atoms with van der Waals surface area (Å²) in [5.74, 6) is 5.79. The zero-order valence-electron chi connectivity index (χ0n) is 19.0. The van der Waals surface area contributed by atoms with Crippen LogP contribution in [0.4, 0.5) is 0 Å². The molecule has 0 unspecified atom stereocenters. The topological polar surface area (TPSA) is 132 Å². The summed E-state index contributed by atoms with van der Waals surface area (Å²) in [7, 11) is 0. The summed E-state index contributed by atoms with van der Waals surface area (Å²) in [6.45, 7) is 0.406. The molecule has 8 N–H and O–H groups in total. The molecule has 0 saturated heterocycles. The number of amides is 1. The number of hydroxylamine groups is 1. The van der Waals surface area contributed by atoms with Crippen molar-refractivity contribution in [3.8, 4) is 10.4 Å². The maximum Gasteiger partial charge on any atom is 0.245 e. The molecule has 0 spiro atoms. The minimum absolute atomic E-state index is 0.00984. The van der Waals surface area contributed by atoms with E-state index >= 15 is 0 Å². The Kier molecular flexibility index (Phi) is 8.45. The van der Waals surface area contributed by atoms with E-state index in [1.807, 2.05) is 48.7 Å². The van der Waals surface area contributed by atoms with E-state index in [0.29, 0.717) is 18.7 Å². The van der Waals surface area contributed by atoms with Gasteiger partial charge in [0.15, 0.2) is 0 Å². The Morgan fingerprint density at radius 1 is 1.14 bits per heavy atom. The number of H-pyrrole nitrogens is 1. The SMILES string of the molecule is N/C(=C\N(N)[C@@H](CC(=O)NO)Cc1c[nH]c2ccccc12)CNSc1ccc(-c2ccccc2)s1. The molecule has 2 aromatic heterocycles. The lowest BCUT2D eigenvalue weighted by Gasteiger charge is -2.26. The molecule has 4 aromatic rings. The number of nitrogens with two attached hydrogens (primary N) is 2. The van der Waals surface area contributed by atoms with Gasteiger partial charge in [-0.05, 0) is 47.7 Å².